The van der Waals surface area contributed by atoms with Gasteiger partial charge in [-0.15, -0.1) is 0 Å². The normalized spacial score (nSPS) is 20.1. The molecule has 2 heteroatoms. The third kappa shape index (κ3) is 2.80. The molecule has 2 atom stereocenters. The van der Waals surface area contributed by atoms with Crippen molar-refractivity contribution in [2.45, 2.75) is 32.3 Å². The second-order valence-electron chi connectivity index (χ2n) is 5.68. The zero-order valence-electron chi connectivity index (χ0n) is 12.1. The van der Waals surface area contributed by atoms with Gasteiger partial charge in [0.1, 0.15) is 11.9 Å². The second kappa shape index (κ2) is 6.27. The first-order valence-corrected chi connectivity index (χ1v) is 7.73. The highest BCUT2D eigenvalue weighted by Crippen LogP contribution is 2.29. The van der Waals surface area contributed by atoms with Gasteiger partial charge in [0.15, 0.2) is 0 Å². The van der Waals surface area contributed by atoms with Crippen molar-refractivity contribution >= 4 is 10.8 Å². The van der Waals surface area contributed by atoms with Crippen LogP contribution in [-0.4, -0.2) is 19.2 Å². The predicted molar refractivity (Wildman–Crippen MR) is 84.2 cm³/mol. The fraction of sp³-hybridized carbons (Fsp3) is 0.444. The Morgan fingerprint density at radius 3 is 2.85 bits per heavy atom. The van der Waals surface area contributed by atoms with Gasteiger partial charge in [0.2, 0.25) is 0 Å². The topological polar surface area (TPSA) is 21.3 Å². The lowest BCUT2D eigenvalue weighted by atomic mass is 9.97. The maximum Gasteiger partial charge on any atom is 0.127 e. The summed E-state index contributed by atoms with van der Waals surface area (Å²) < 4.78 is 6.41. The van der Waals surface area contributed by atoms with Gasteiger partial charge < -0.3 is 10.1 Å². The summed E-state index contributed by atoms with van der Waals surface area (Å²) in [5, 5.41) is 5.93. The van der Waals surface area contributed by atoms with Crippen LogP contribution in [0.1, 0.15) is 26.2 Å². The van der Waals surface area contributed by atoms with Crippen LogP contribution in [0.15, 0.2) is 42.5 Å². The van der Waals surface area contributed by atoms with Gasteiger partial charge in [-0.05, 0) is 30.8 Å². The van der Waals surface area contributed by atoms with Gasteiger partial charge in [0.05, 0.1) is 0 Å². The van der Waals surface area contributed by atoms with E-state index < -0.39 is 0 Å². The number of fused-ring (bicyclic) bond motifs is 1. The van der Waals surface area contributed by atoms with E-state index in [2.05, 4.69) is 54.7 Å². The lowest BCUT2D eigenvalue weighted by Crippen LogP contribution is -2.28. The standard InChI is InChI=1S/C18H23NO/c1-2-6-17(15-11-12-19-13-15)20-18-10-5-8-14-7-3-4-9-16(14)18/h3-5,7-10,15,17,19H,2,6,11-13H2,1H3/t15-,17+/m0/s1. The Kier molecular flexibility index (Phi) is 4.22. The zero-order chi connectivity index (χ0) is 13.8. The molecule has 106 valence electrons. The molecule has 1 saturated heterocycles. The van der Waals surface area contributed by atoms with Crippen molar-refractivity contribution in [2.24, 2.45) is 5.92 Å². The molecule has 1 aliphatic rings. The molecule has 1 aliphatic heterocycles. The summed E-state index contributed by atoms with van der Waals surface area (Å²) in [6.07, 6.45) is 3.87. The highest BCUT2D eigenvalue weighted by Gasteiger charge is 2.26. The van der Waals surface area contributed by atoms with E-state index in [1.165, 1.54) is 23.6 Å². The summed E-state index contributed by atoms with van der Waals surface area (Å²) in [6, 6.07) is 14.8. The average Bonchev–Trinajstić information content (AvgIpc) is 3.01. The molecule has 0 aromatic heterocycles. The third-order valence-electron chi connectivity index (χ3n) is 4.23. The van der Waals surface area contributed by atoms with Crippen molar-refractivity contribution in [3.8, 4) is 5.75 Å². The van der Waals surface area contributed by atoms with Crippen molar-refractivity contribution in [3.05, 3.63) is 42.5 Å². The SMILES string of the molecule is CCC[C@@H](Oc1cccc2ccccc12)[C@H]1CCNC1. The van der Waals surface area contributed by atoms with Gasteiger partial charge in [0.25, 0.3) is 0 Å². The molecule has 1 heterocycles. The van der Waals surface area contributed by atoms with Crippen LogP contribution in [0, 0.1) is 5.92 Å². The molecule has 0 radical (unpaired) electrons. The quantitative estimate of drug-likeness (QED) is 0.886. The Morgan fingerprint density at radius 1 is 1.20 bits per heavy atom. The minimum Gasteiger partial charge on any atom is -0.489 e. The second-order valence-corrected chi connectivity index (χ2v) is 5.68. The smallest absolute Gasteiger partial charge is 0.127 e. The Balaban J connectivity index is 1.86. The number of hydrogen-bond donors (Lipinski definition) is 1. The molecule has 2 nitrogen and oxygen atoms in total. The molecule has 3 rings (SSSR count). The van der Waals surface area contributed by atoms with E-state index in [1.807, 2.05) is 0 Å². The highest BCUT2D eigenvalue weighted by atomic mass is 16.5. The summed E-state index contributed by atoms with van der Waals surface area (Å²) >= 11 is 0. The van der Waals surface area contributed by atoms with E-state index >= 15 is 0 Å². The van der Waals surface area contributed by atoms with E-state index in [0.29, 0.717) is 12.0 Å². The highest BCUT2D eigenvalue weighted by molar-refractivity contribution is 5.88. The fourth-order valence-corrected chi connectivity index (χ4v) is 3.13. The van der Waals surface area contributed by atoms with Crippen LogP contribution in [0.4, 0.5) is 0 Å². The van der Waals surface area contributed by atoms with Crippen molar-refractivity contribution in [2.75, 3.05) is 13.1 Å². The largest absolute Gasteiger partial charge is 0.489 e. The molecule has 0 aliphatic carbocycles. The number of ether oxygens (including phenoxy) is 1. The first-order valence-electron chi connectivity index (χ1n) is 7.73. The summed E-state index contributed by atoms with van der Waals surface area (Å²) in [6.45, 7) is 4.46. The van der Waals surface area contributed by atoms with Gasteiger partial charge in [-0.3, -0.25) is 0 Å². The Labute approximate surface area is 121 Å². The molecular formula is C18H23NO. The van der Waals surface area contributed by atoms with Crippen molar-refractivity contribution in [1.29, 1.82) is 0 Å². The molecule has 2 aromatic carbocycles. The zero-order valence-corrected chi connectivity index (χ0v) is 12.1. The van der Waals surface area contributed by atoms with E-state index in [-0.39, 0.29) is 0 Å². The van der Waals surface area contributed by atoms with Crippen molar-refractivity contribution in [3.63, 3.8) is 0 Å². The van der Waals surface area contributed by atoms with Crippen LogP contribution >= 0.6 is 0 Å². The van der Waals surface area contributed by atoms with E-state index in [1.54, 1.807) is 0 Å². The summed E-state index contributed by atoms with van der Waals surface area (Å²) in [5.41, 5.74) is 0. The van der Waals surface area contributed by atoms with Gasteiger partial charge in [-0.2, -0.15) is 0 Å². The van der Waals surface area contributed by atoms with E-state index in [4.69, 9.17) is 4.74 Å². The van der Waals surface area contributed by atoms with Gasteiger partial charge >= 0.3 is 0 Å². The lowest BCUT2D eigenvalue weighted by molar-refractivity contribution is 0.134. The lowest BCUT2D eigenvalue weighted by Gasteiger charge is -2.24. The van der Waals surface area contributed by atoms with Crippen LogP contribution in [0.5, 0.6) is 5.75 Å². The minimum atomic E-state index is 0.334. The van der Waals surface area contributed by atoms with Crippen LogP contribution in [-0.2, 0) is 0 Å². The molecular weight excluding hydrogens is 246 g/mol. The van der Waals surface area contributed by atoms with Gasteiger partial charge in [0, 0.05) is 17.8 Å². The Bertz CT molecular complexity index is 555. The molecule has 2 aromatic rings. The maximum absolute atomic E-state index is 6.41. The molecule has 0 amide bonds. The first-order chi connectivity index (χ1) is 9.88. The number of benzene rings is 2. The fourth-order valence-electron chi connectivity index (χ4n) is 3.13. The number of rotatable bonds is 5. The monoisotopic (exact) mass is 269 g/mol. The third-order valence-corrected chi connectivity index (χ3v) is 4.23. The van der Waals surface area contributed by atoms with Crippen molar-refractivity contribution < 1.29 is 4.74 Å². The first kappa shape index (κ1) is 13.4. The molecule has 20 heavy (non-hydrogen) atoms. The average molecular weight is 269 g/mol. The van der Waals surface area contributed by atoms with Crippen LogP contribution in [0.2, 0.25) is 0 Å². The summed E-state index contributed by atoms with van der Waals surface area (Å²) in [4.78, 5) is 0. The van der Waals surface area contributed by atoms with Gasteiger partial charge in [-0.25, -0.2) is 0 Å². The number of nitrogens with one attached hydrogen (secondary N) is 1. The van der Waals surface area contributed by atoms with Crippen molar-refractivity contribution in [1.82, 2.24) is 5.32 Å². The maximum atomic E-state index is 6.41. The van der Waals surface area contributed by atoms with E-state index in [9.17, 15) is 0 Å². The Morgan fingerprint density at radius 2 is 2.05 bits per heavy atom. The van der Waals surface area contributed by atoms with E-state index in [0.717, 1.165) is 25.3 Å². The van der Waals surface area contributed by atoms with Crippen LogP contribution in [0.3, 0.4) is 0 Å². The molecule has 0 spiro atoms. The predicted octanol–water partition coefficient (Wildman–Crippen LogP) is 4.00. The molecule has 1 fully saturated rings. The molecule has 0 bridgehead atoms. The Hall–Kier alpha value is -1.54. The minimum absolute atomic E-state index is 0.334. The molecule has 0 saturated carbocycles. The molecule has 1 N–H and O–H groups in total. The number of hydrogen-bond acceptors (Lipinski definition) is 2. The van der Waals surface area contributed by atoms with Gasteiger partial charge in [-0.1, -0.05) is 49.7 Å². The van der Waals surface area contributed by atoms with Crippen LogP contribution in [0.25, 0.3) is 10.8 Å². The van der Waals surface area contributed by atoms with Crippen LogP contribution < -0.4 is 10.1 Å². The summed E-state index contributed by atoms with van der Waals surface area (Å²) in [7, 11) is 0. The molecule has 0 unspecified atom stereocenters. The summed E-state index contributed by atoms with van der Waals surface area (Å²) in [5.74, 6) is 1.68.